The van der Waals surface area contributed by atoms with Gasteiger partial charge in [-0.1, -0.05) is 25.5 Å². The molecule has 0 fully saturated rings. The molecule has 1 N–H and O–H groups in total. The Morgan fingerprint density at radius 3 is 2.64 bits per heavy atom. The molecule has 1 aromatic carbocycles. The van der Waals surface area contributed by atoms with Crippen LogP contribution >= 0.6 is 0 Å². The zero-order valence-electron chi connectivity index (χ0n) is 16.3. The third-order valence-electron chi connectivity index (χ3n) is 4.65. The molecule has 0 atom stereocenters. The third kappa shape index (κ3) is 4.54. The van der Waals surface area contributed by atoms with Crippen LogP contribution in [0, 0.1) is 0 Å². The number of carbonyl (C=O) groups is 2. The summed E-state index contributed by atoms with van der Waals surface area (Å²) in [6.07, 6.45) is 5.17. The van der Waals surface area contributed by atoms with E-state index in [2.05, 4.69) is 22.2 Å². The topological polar surface area (TPSA) is 80.1 Å². The molecule has 0 aliphatic heterocycles. The van der Waals surface area contributed by atoms with E-state index in [0.717, 1.165) is 30.4 Å². The summed E-state index contributed by atoms with van der Waals surface area (Å²) in [7, 11) is 1.82. The summed E-state index contributed by atoms with van der Waals surface area (Å²) < 4.78 is 1.88. The molecule has 0 spiro atoms. The van der Waals surface area contributed by atoms with Crippen molar-refractivity contribution in [1.82, 2.24) is 24.8 Å². The lowest BCUT2D eigenvalue weighted by Gasteiger charge is -2.18. The number of nitrogens with zero attached hydrogens (tertiary/aromatic N) is 4. The average molecular weight is 379 g/mol. The first kappa shape index (κ1) is 19.5. The van der Waals surface area contributed by atoms with E-state index in [9.17, 15) is 9.59 Å². The molecule has 7 nitrogen and oxygen atoms in total. The fourth-order valence-electron chi connectivity index (χ4n) is 2.98. The maximum atomic E-state index is 12.7. The average Bonchev–Trinajstić information content (AvgIpc) is 3.08. The molecule has 0 saturated heterocycles. The summed E-state index contributed by atoms with van der Waals surface area (Å²) in [4.78, 5) is 35.3. The number of unbranched alkanes of at least 4 members (excludes halogenated alkanes) is 1. The van der Waals surface area contributed by atoms with Gasteiger partial charge in [-0.2, -0.15) is 0 Å². The second-order valence-corrected chi connectivity index (χ2v) is 6.69. The van der Waals surface area contributed by atoms with Crippen LogP contribution in [0.25, 0.3) is 11.0 Å². The van der Waals surface area contributed by atoms with Gasteiger partial charge in [0.15, 0.2) is 0 Å². The minimum absolute atomic E-state index is 0.0262. The lowest BCUT2D eigenvalue weighted by atomic mass is 10.2. The van der Waals surface area contributed by atoms with E-state index in [-0.39, 0.29) is 24.9 Å². The quantitative estimate of drug-likeness (QED) is 0.652. The highest BCUT2D eigenvalue weighted by molar-refractivity contribution is 5.94. The van der Waals surface area contributed by atoms with Gasteiger partial charge in [-0.25, -0.2) is 4.98 Å². The summed E-state index contributed by atoms with van der Waals surface area (Å²) in [5.41, 5.74) is 2.22. The highest BCUT2D eigenvalue weighted by atomic mass is 16.2. The first-order chi connectivity index (χ1) is 13.6. The number of benzene rings is 1. The number of para-hydroxylation sites is 2. The third-order valence-corrected chi connectivity index (χ3v) is 4.65. The van der Waals surface area contributed by atoms with Gasteiger partial charge in [0.1, 0.15) is 12.4 Å². The van der Waals surface area contributed by atoms with Gasteiger partial charge in [0.2, 0.25) is 5.91 Å². The van der Waals surface area contributed by atoms with Crippen molar-refractivity contribution >= 4 is 22.8 Å². The van der Waals surface area contributed by atoms with Crippen molar-refractivity contribution in [2.75, 3.05) is 13.6 Å². The van der Waals surface area contributed by atoms with Crippen molar-refractivity contribution in [1.29, 1.82) is 0 Å². The Morgan fingerprint density at radius 1 is 1.14 bits per heavy atom. The van der Waals surface area contributed by atoms with E-state index in [1.54, 1.807) is 29.4 Å². The van der Waals surface area contributed by atoms with Crippen LogP contribution in [0.1, 0.15) is 35.9 Å². The molecular weight excluding hydrogens is 354 g/mol. The van der Waals surface area contributed by atoms with Crippen LogP contribution in [0.3, 0.4) is 0 Å². The number of aromatic nitrogens is 3. The number of hydrogen-bond donors (Lipinski definition) is 1. The number of carbonyl (C=O) groups excluding carboxylic acids is 2. The molecule has 0 bridgehead atoms. The van der Waals surface area contributed by atoms with Crippen molar-refractivity contribution in [3.8, 4) is 0 Å². The number of pyridine rings is 1. The minimum atomic E-state index is -0.201. The van der Waals surface area contributed by atoms with Crippen molar-refractivity contribution in [2.45, 2.75) is 32.9 Å². The molecule has 28 heavy (non-hydrogen) atoms. The lowest BCUT2D eigenvalue weighted by molar-refractivity contribution is -0.130. The number of imidazole rings is 1. The second-order valence-electron chi connectivity index (χ2n) is 6.69. The van der Waals surface area contributed by atoms with Crippen LogP contribution in [-0.2, 0) is 17.9 Å². The van der Waals surface area contributed by atoms with Crippen molar-refractivity contribution in [3.05, 3.63) is 60.2 Å². The van der Waals surface area contributed by atoms with Crippen LogP contribution in [-0.4, -0.2) is 44.8 Å². The maximum absolute atomic E-state index is 12.7. The van der Waals surface area contributed by atoms with Gasteiger partial charge in [0.25, 0.3) is 5.91 Å². The maximum Gasteiger partial charge on any atom is 0.251 e. The molecule has 0 unspecified atom stereocenters. The molecule has 3 aromatic rings. The van der Waals surface area contributed by atoms with Crippen LogP contribution in [0.2, 0.25) is 0 Å². The zero-order valence-corrected chi connectivity index (χ0v) is 16.3. The summed E-state index contributed by atoms with van der Waals surface area (Å²) in [6, 6.07) is 11.0. The van der Waals surface area contributed by atoms with E-state index in [1.165, 1.54) is 0 Å². The van der Waals surface area contributed by atoms with Crippen molar-refractivity contribution in [2.24, 2.45) is 0 Å². The summed E-state index contributed by atoms with van der Waals surface area (Å²) in [6.45, 7) is 3.27. The Bertz CT molecular complexity index is 952. The van der Waals surface area contributed by atoms with E-state index in [1.807, 2.05) is 35.9 Å². The first-order valence-corrected chi connectivity index (χ1v) is 9.46. The predicted octanol–water partition coefficient (Wildman–Crippen LogP) is 2.62. The monoisotopic (exact) mass is 379 g/mol. The summed E-state index contributed by atoms with van der Waals surface area (Å²) in [5, 5.41) is 2.88. The van der Waals surface area contributed by atoms with Gasteiger partial charge in [-0.05, 0) is 30.7 Å². The molecule has 0 saturated carbocycles. The van der Waals surface area contributed by atoms with Crippen LogP contribution in [0.4, 0.5) is 0 Å². The van der Waals surface area contributed by atoms with Gasteiger partial charge in [0.05, 0.1) is 17.6 Å². The number of likely N-dealkylation sites (N-methyl/N-ethyl adjacent to an activating group) is 1. The molecule has 0 aliphatic rings. The minimum Gasteiger partial charge on any atom is -0.345 e. The molecule has 146 valence electrons. The molecule has 2 aromatic heterocycles. The molecule has 2 amide bonds. The molecule has 3 rings (SSSR count). The Balaban J connectivity index is 1.79. The van der Waals surface area contributed by atoms with Crippen LogP contribution < -0.4 is 5.32 Å². The second kappa shape index (κ2) is 9.12. The van der Waals surface area contributed by atoms with Gasteiger partial charge < -0.3 is 14.8 Å². The van der Waals surface area contributed by atoms with E-state index >= 15 is 0 Å². The number of fused-ring (bicyclic) bond motifs is 1. The summed E-state index contributed by atoms with van der Waals surface area (Å²) >= 11 is 0. The SMILES string of the molecule is CCCCN(C)C(=O)Cn1c(CNC(=O)c2ccncc2)nc2ccccc21. The van der Waals surface area contributed by atoms with Crippen LogP contribution in [0.5, 0.6) is 0 Å². The Labute approximate surface area is 164 Å². The number of hydrogen-bond acceptors (Lipinski definition) is 4. The summed E-state index contributed by atoms with van der Waals surface area (Å²) in [5.74, 6) is 0.478. The smallest absolute Gasteiger partial charge is 0.251 e. The van der Waals surface area contributed by atoms with E-state index < -0.39 is 0 Å². The van der Waals surface area contributed by atoms with Gasteiger partial charge in [-0.3, -0.25) is 14.6 Å². The van der Waals surface area contributed by atoms with Gasteiger partial charge >= 0.3 is 0 Å². The highest BCUT2D eigenvalue weighted by Crippen LogP contribution is 2.16. The van der Waals surface area contributed by atoms with Crippen molar-refractivity contribution in [3.63, 3.8) is 0 Å². The van der Waals surface area contributed by atoms with E-state index in [4.69, 9.17) is 0 Å². The zero-order chi connectivity index (χ0) is 19.9. The fourth-order valence-corrected chi connectivity index (χ4v) is 2.98. The number of amides is 2. The number of nitrogens with one attached hydrogen (secondary N) is 1. The lowest BCUT2D eigenvalue weighted by Crippen LogP contribution is -2.32. The van der Waals surface area contributed by atoms with Crippen molar-refractivity contribution < 1.29 is 9.59 Å². The van der Waals surface area contributed by atoms with E-state index in [0.29, 0.717) is 11.4 Å². The molecular formula is C21H25N5O2. The van der Waals surface area contributed by atoms with Gasteiger partial charge in [-0.15, -0.1) is 0 Å². The molecule has 7 heteroatoms. The Kier molecular flexibility index (Phi) is 6.37. The largest absolute Gasteiger partial charge is 0.345 e. The number of rotatable bonds is 8. The molecule has 0 aliphatic carbocycles. The normalized spacial score (nSPS) is 10.8. The highest BCUT2D eigenvalue weighted by Gasteiger charge is 2.16. The predicted molar refractivity (Wildman–Crippen MR) is 108 cm³/mol. The van der Waals surface area contributed by atoms with Crippen LogP contribution in [0.15, 0.2) is 48.8 Å². The standard InChI is InChI=1S/C21H25N5O2/c1-3-4-13-25(2)20(27)15-26-18-8-6-5-7-17(18)24-19(26)14-23-21(28)16-9-11-22-12-10-16/h5-12H,3-4,13-15H2,1-2H3,(H,23,28). The molecule has 2 heterocycles. The first-order valence-electron chi connectivity index (χ1n) is 9.46. The Hall–Kier alpha value is -3.22. The molecule has 0 radical (unpaired) electrons. The Morgan fingerprint density at radius 2 is 1.89 bits per heavy atom. The fraction of sp³-hybridized carbons (Fsp3) is 0.333. The van der Waals surface area contributed by atoms with Gasteiger partial charge in [0, 0.05) is 31.5 Å².